The highest BCUT2D eigenvalue weighted by atomic mass is 16.6. The summed E-state index contributed by atoms with van der Waals surface area (Å²) in [6.45, 7) is 4.56. The van der Waals surface area contributed by atoms with E-state index in [9.17, 15) is 9.59 Å². The maximum absolute atomic E-state index is 12.8. The number of aliphatic carboxylic acids is 1. The Hall–Kier alpha value is -2.86. The number of likely N-dealkylation sites (tertiary alicyclic amines) is 2. The molecular weight excluding hydrogens is 416 g/mol. The van der Waals surface area contributed by atoms with Crippen LogP contribution in [0.2, 0.25) is 0 Å². The maximum atomic E-state index is 12.8. The Kier molecular flexibility index (Phi) is 6.36. The van der Waals surface area contributed by atoms with E-state index in [4.69, 9.17) is 9.84 Å². The molecule has 174 valence electrons. The lowest BCUT2D eigenvalue weighted by molar-refractivity contribution is -0.143. The zero-order chi connectivity index (χ0) is 22.8. The Morgan fingerprint density at radius 1 is 0.848 bits per heavy atom. The van der Waals surface area contributed by atoms with Crippen molar-refractivity contribution in [2.75, 3.05) is 39.3 Å². The molecule has 0 saturated carbocycles. The van der Waals surface area contributed by atoms with Crippen molar-refractivity contribution in [1.82, 2.24) is 9.80 Å². The van der Waals surface area contributed by atoms with E-state index in [1.165, 1.54) is 22.3 Å². The van der Waals surface area contributed by atoms with E-state index in [0.717, 1.165) is 58.4 Å². The minimum atomic E-state index is -0.661. The third kappa shape index (κ3) is 4.62. The molecule has 0 unspecified atom stereocenters. The average Bonchev–Trinajstić information content (AvgIpc) is 3.17. The van der Waals surface area contributed by atoms with Gasteiger partial charge in [0.05, 0.1) is 5.92 Å². The molecule has 3 aliphatic rings. The van der Waals surface area contributed by atoms with E-state index >= 15 is 0 Å². The number of carbonyl (C=O) groups excluding carboxylic acids is 1. The molecule has 6 heteroatoms. The van der Waals surface area contributed by atoms with Gasteiger partial charge in [-0.15, -0.1) is 0 Å². The smallest absolute Gasteiger partial charge is 0.409 e. The highest BCUT2D eigenvalue weighted by Crippen LogP contribution is 2.44. The van der Waals surface area contributed by atoms with Crippen molar-refractivity contribution in [3.05, 3.63) is 59.7 Å². The topological polar surface area (TPSA) is 70.1 Å². The molecule has 2 aliphatic heterocycles. The summed E-state index contributed by atoms with van der Waals surface area (Å²) >= 11 is 0. The normalized spacial score (nSPS) is 19.8. The maximum Gasteiger partial charge on any atom is 0.409 e. The van der Waals surface area contributed by atoms with Gasteiger partial charge in [0.2, 0.25) is 0 Å². The minimum absolute atomic E-state index is 0.0904. The molecule has 0 bridgehead atoms. The van der Waals surface area contributed by atoms with Crippen molar-refractivity contribution < 1.29 is 19.4 Å². The fourth-order valence-electron chi connectivity index (χ4n) is 5.71. The van der Waals surface area contributed by atoms with Gasteiger partial charge in [-0.25, -0.2) is 4.79 Å². The van der Waals surface area contributed by atoms with Gasteiger partial charge in [0.15, 0.2) is 0 Å². The summed E-state index contributed by atoms with van der Waals surface area (Å²) in [5, 5.41) is 9.17. The first-order valence-corrected chi connectivity index (χ1v) is 12.1. The van der Waals surface area contributed by atoms with Gasteiger partial charge in [0.25, 0.3) is 0 Å². The van der Waals surface area contributed by atoms with Gasteiger partial charge < -0.3 is 19.6 Å². The second-order valence-electron chi connectivity index (χ2n) is 9.65. The summed E-state index contributed by atoms with van der Waals surface area (Å²) in [5.41, 5.74) is 4.94. The predicted octanol–water partition coefficient (Wildman–Crippen LogP) is 4.44. The fourth-order valence-corrected chi connectivity index (χ4v) is 5.71. The van der Waals surface area contributed by atoms with E-state index in [0.29, 0.717) is 12.5 Å². The molecule has 2 fully saturated rings. The molecule has 2 saturated heterocycles. The first-order valence-electron chi connectivity index (χ1n) is 12.1. The first-order chi connectivity index (χ1) is 16.1. The zero-order valence-corrected chi connectivity index (χ0v) is 19.0. The van der Waals surface area contributed by atoms with Crippen LogP contribution in [0.3, 0.4) is 0 Å². The number of nitrogens with zero attached hydrogens (tertiary/aromatic N) is 2. The van der Waals surface area contributed by atoms with Crippen LogP contribution in [0.15, 0.2) is 48.5 Å². The van der Waals surface area contributed by atoms with Gasteiger partial charge in [0, 0.05) is 25.6 Å². The Balaban J connectivity index is 1.11. The van der Waals surface area contributed by atoms with Crippen LogP contribution in [0.1, 0.15) is 42.7 Å². The Morgan fingerprint density at radius 2 is 1.42 bits per heavy atom. The standard InChI is InChI=1S/C27H32N2O4/c30-26(31)20-11-13-28(14-12-20)17-19-9-15-29(16-10-19)27(32)33-18-25-23-7-3-1-5-21(23)22-6-2-4-8-24(22)25/h1-8,19-20,25H,9-18H2,(H,30,31). The Labute approximate surface area is 195 Å². The van der Waals surface area contributed by atoms with Crippen molar-refractivity contribution >= 4 is 12.1 Å². The molecule has 1 amide bonds. The Bertz CT molecular complexity index is 961. The van der Waals surface area contributed by atoms with E-state index in [2.05, 4.69) is 53.4 Å². The molecule has 1 aliphatic carbocycles. The molecule has 2 heterocycles. The van der Waals surface area contributed by atoms with Crippen LogP contribution in [-0.4, -0.2) is 66.3 Å². The number of carboxylic acid groups (broad SMARTS) is 1. The average molecular weight is 449 g/mol. The van der Waals surface area contributed by atoms with E-state index in [-0.39, 0.29) is 17.9 Å². The number of hydrogen-bond donors (Lipinski definition) is 1. The summed E-state index contributed by atoms with van der Waals surface area (Å²) < 4.78 is 5.82. The summed E-state index contributed by atoms with van der Waals surface area (Å²) in [6.07, 6.45) is 3.23. The number of piperidine rings is 2. The van der Waals surface area contributed by atoms with Crippen LogP contribution in [0.4, 0.5) is 4.79 Å². The summed E-state index contributed by atoms with van der Waals surface area (Å²) in [6, 6.07) is 16.8. The molecule has 1 N–H and O–H groups in total. The lowest BCUT2D eigenvalue weighted by Gasteiger charge is -2.36. The highest BCUT2D eigenvalue weighted by molar-refractivity contribution is 5.79. The predicted molar refractivity (Wildman–Crippen MR) is 126 cm³/mol. The van der Waals surface area contributed by atoms with Gasteiger partial charge in [-0.1, -0.05) is 48.5 Å². The molecule has 0 atom stereocenters. The summed E-state index contributed by atoms with van der Waals surface area (Å²) in [5.74, 6) is -0.195. The molecule has 0 radical (unpaired) electrons. The minimum Gasteiger partial charge on any atom is -0.481 e. The third-order valence-corrected chi connectivity index (χ3v) is 7.66. The third-order valence-electron chi connectivity index (χ3n) is 7.66. The molecule has 0 spiro atoms. The van der Waals surface area contributed by atoms with Crippen LogP contribution in [-0.2, 0) is 9.53 Å². The molecular formula is C27H32N2O4. The molecule has 6 nitrogen and oxygen atoms in total. The SMILES string of the molecule is O=C(O)C1CCN(CC2CCN(C(=O)OCC3c4ccccc4-c4ccccc43)CC2)CC1. The number of rotatable bonds is 5. The van der Waals surface area contributed by atoms with Gasteiger partial charge in [-0.2, -0.15) is 0 Å². The summed E-state index contributed by atoms with van der Waals surface area (Å²) in [7, 11) is 0. The monoisotopic (exact) mass is 448 g/mol. The van der Waals surface area contributed by atoms with Gasteiger partial charge in [-0.3, -0.25) is 4.79 Å². The Morgan fingerprint density at radius 3 is 2.00 bits per heavy atom. The number of benzene rings is 2. The second-order valence-corrected chi connectivity index (χ2v) is 9.65. The van der Waals surface area contributed by atoms with Crippen molar-refractivity contribution in [2.24, 2.45) is 11.8 Å². The number of ether oxygens (including phenoxy) is 1. The molecule has 2 aromatic carbocycles. The molecule has 5 rings (SSSR count). The number of amides is 1. The lowest BCUT2D eigenvalue weighted by atomic mass is 9.93. The van der Waals surface area contributed by atoms with Crippen LogP contribution >= 0.6 is 0 Å². The van der Waals surface area contributed by atoms with Gasteiger partial charge >= 0.3 is 12.1 Å². The van der Waals surface area contributed by atoms with Crippen molar-refractivity contribution in [1.29, 1.82) is 0 Å². The number of hydrogen-bond acceptors (Lipinski definition) is 4. The molecule has 2 aromatic rings. The lowest BCUT2D eigenvalue weighted by Crippen LogP contribution is -2.44. The van der Waals surface area contributed by atoms with Crippen molar-refractivity contribution in [2.45, 2.75) is 31.6 Å². The van der Waals surface area contributed by atoms with Gasteiger partial charge in [0.1, 0.15) is 6.61 Å². The quantitative estimate of drug-likeness (QED) is 0.732. The molecule has 0 aromatic heterocycles. The van der Waals surface area contributed by atoms with Crippen molar-refractivity contribution in [3.63, 3.8) is 0 Å². The van der Waals surface area contributed by atoms with Crippen LogP contribution in [0, 0.1) is 11.8 Å². The van der Waals surface area contributed by atoms with Gasteiger partial charge in [-0.05, 0) is 66.9 Å². The fraction of sp³-hybridized carbons (Fsp3) is 0.481. The second kappa shape index (κ2) is 9.56. The molecule has 33 heavy (non-hydrogen) atoms. The van der Waals surface area contributed by atoms with Crippen molar-refractivity contribution in [3.8, 4) is 11.1 Å². The van der Waals surface area contributed by atoms with Crippen LogP contribution < -0.4 is 0 Å². The first kappa shape index (κ1) is 22.0. The summed E-state index contributed by atoms with van der Waals surface area (Å²) in [4.78, 5) is 28.2. The number of carboxylic acids is 1. The highest BCUT2D eigenvalue weighted by Gasteiger charge is 2.31. The largest absolute Gasteiger partial charge is 0.481 e. The zero-order valence-electron chi connectivity index (χ0n) is 19.0. The number of carbonyl (C=O) groups is 2. The van der Waals surface area contributed by atoms with Crippen LogP contribution in [0.25, 0.3) is 11.1 Å². The number of fused-ring (bicyclic) bond motifs is 3. The van der Waals surface area contributed by atoms with E-state index in [1.807, 2.05) is 4.90 Å². The van der Waals surface area contributed by atoms with E-state index < -0.39 is 5.97 Å². The van der Waals surface area contributed by atoms with E-state index in [1.54, 1.807) is 0 Å². The van der Waals surface area contributed by atoms with Crippen LogP contribution in [0.5, 0.6) is 0 Å².